The third-order valence-corrected chi connectivity index (χ3v) is 8.82. The molecule has 3 atom stereocenters. The van der Waals surface area contributed by atoms with Gasteiger partial charge in [-0.3, -0.25) is 0 Å². The minimum atomic E-state index is -4.01. The molecule has 0 saturated carbocycles. The smallest absolute Gasteiger partial charge is 0.404 e. The van der Waals surface area contributed by atoms with Crippen LogP contribution in [0.4, 0.5) is 9.18 Å². The van der Waals surface area contributed by atoms with Gasteiger partial charge in [0.05, 0.1) is 11.5 Å². The van der Waals surface area contributed by atoms with E-state index in [0.717, 1.165) is 16.6 Å². The molecule has 2 aromatic carbocycles. The van der Waals surface area contributed by atoms with Crippen molar-refractivity contribution in [3.05, 3.63) is 58.3 Å². The molecule has 7 nitrogen and oxygen atoms in total. The molecule has 1 aliphatic heterocycles. The minimum absolute atomic E-state index is 0.00348. The number of carbonyl (C=O) groups excluding carboxylic acids is 1. The van der Waals surface area contributed by atoms with Gasteiger partial charge in [-0.15, -0.1) is 0 Å². The van der Waals surface area contributed by atoms with E-state index < -0.39 is 50.5 Å². The average Bonchev–Trinajstić information content (AvgIpc) is 2.71. The fourth-order valence-corrected chi connectivity index (χ4v) is 6.33. The molecule has 0 saturated heterocycles. The van der Waals surface area contributed by atoms with Crippen molar-refractivity contribution in [2.24, 2.45) is 17.1 Å². The maximum Gasteiger partial charge on any atom is 0.404 e. The second-order valence-electron chi connectivity index (χ2n) is 9.27. The van der Waals surface area contributed by atoms with E-state index in [4.69, 9.17) is 15.2 Å². The summed E-state index contributed by atoms with van der Waals surface area (Å²) in [6, 6.07) is 9.69. The number of benzene rings is 2. The molecule has 0 spiro atoms. The normalized spacial score (nSPS) is 20.3. The summed E-state index contributed by atoms with van der Waals surface area (Å²) in [6.45, 7) is 4.88. The quantitative estimate of drug-likeness (QED) is 0.522. The minimum Gasteiger partial charge on any atom is -0.493 e. The van der Waals surface area contributed by atoms with Gasteiger partial charge >= 0.3 is 6.09 Å². The Hall–Kier alpha value is -2.17. The number of nitrogens with two attached hydrogens (primary N) is 1. The Morgan fingerprint density at radius 2 is 1.88 bits per heavy atom. The Kier molecular flexibility index (Phi) is 7.12. The van der Waals surface area contributed by atoms with Gasteiger partial charge in [0.2, 0.25) is 0 Å². The molecule has 33 heavy (non-hydrogen) atoms. The number of aliphatic hydroxyl groups is 1. The van der Waals surface area contributed by atoms with Crippen molar-refractivity contribution in [3.63, 3.8) is 0 Å². The molecule has 1 heterocycles. The van der Waals surface area contributed by atoms with Gasteiger partial charge < -0.3 is 20.3 Å². The first-order valence-corrected chi connectivity index (χ1v) is 12.6. The first kappa shape index (κ1) is 25.5. The Balaban J connectivity index is 2.10. The zero-order valence-corrected chi connectivity index (χ0v) is 20.9. The van der Waals surface area contributed by atoms with Crippen molar-refractivity contribution >= 4 is 31.9 Å². The van der Waals surface area contributed by atoms with Gasteiger partial charge in [0.1, 0.15) is 29.0 Å². The highest BCUT2D eigenvalue weighted by Gasteiger charge is 2.49. The van der Waals surface area contributed by atoms with Crippen molar-refractivity contribution in [1.82, 2.24) is 0 Å². The molecule has 1 amide bonds. The lowest BCUT2D eigenvalue weighted by molar-refractivity contribution is -0.114. The molecule has 2 aromatic rings. The van der Waals surface area contributed by atoms with Crippen LogP contribution in [0.1, 0.15) is 38.0 Å². The lowest BCUT2D eigenvalue weighted by atomic mass is 9.71. The summed E-state index contributed by atoms with van der Waals surface area (Å²) >= 11 is 3.37. The van der Waals surface area contributed by atoms with Gasteiger partial charge in [0.25, 0.3) is 0 Å². The van der Waals surface area contributed by atoms with E-state index in [1.807, 2.05) is 0 Å². The molecular formula is C23H27BrFNO6S. The molecule has 3 N–H and O–H groups in total. The molecular weight excluding hydrogens is 517 g/mol. The fourth-order valence-electron chi connectivity index (χ4n) is 3.97. The first-order valence-electron chi connectivity index (χ1n) is 10.3. The molecule has 0 radical (unpaired) electrons. The van der Waals surface area contributed by atoms with Crippen LogP contribution in [0.5, 0.6) is 5.75 Å². The van der Waals surface area contributed by atoms with Crippen LogP contribution in [0.15, 0.2) is 51.8 Å². The van der Waals surface area contributed by atoms with Crippen molar-refractivity contribution in [2.45, 2.75) is 42.9 Å². The maximum atomic E-state index is 13.8. The van der Waals surface area contributed by atoms with Crippen LogP contribution in [0.2, 0.25) is 0 Å². The monoisotopic (exact) mass is 543 g/mol. The number of fused-ring (bicyclic) bond motifs is 1. The topological polar surface area (TPSA) is 116 Å². The second-order valence-corrected chi connectivity index (χ2v) is 12.3. The molecule has 3 rings (SSSR count). The van der Waals surface area contributed by atoms with E-state index in [1.165, 1.54) is 12.1 Å². The average molecular weight is 544 g/mol. The number of carbonyl (C=O) groups is 1. The number of primary amides is 1. The molecule has 180 valence electrons. The number of hydrogen-bond donors (Lipinski definition) is 2. The number of halogens is 2. The standard InChI is InChI=1S/C23H27BrFNO6S/c1-22(2,3)23(28,13-32-21(26)27)11-14-12-31-19-10-15(24)4-9-18(19)20(14)33(29,30)17-7-5-16(25)6-8-17/h4-10,14,20,28H,11-13H2,1-3H3,(H2,26,27). The van der Waals surface area contributed by atoms with Crippen molar-refractivity contribution in [1.29, 1.82) is 0 Å². The highest BCUT2D eigenvalue weighted by Crippen LogP contribution is 2.48. The third kappa shape index (κ3) is 5.33. The third-order valence-electron chi connectivity index (χ3n) is 6.09. The van der Waals surface area contributed by atoms with E-state index in [0.29, 0.717) is 11.3 Å². The Labute approximate surface area is 201 Å². The van der Waals surface area contributed by atoms with E-state index in [-0.39, 0.29) is 17.9 Å². The number of sulfone groups is 1. The number of hydrogen-bond acceptors (Lipinski definition) is 6. The van der Waals surface area contributed by atoms with Crippen LogP contribution >= 0.6 is 15.9 Å². The summed E-state index contributed by atoms with van der Waals surface area (Å²) in [5, 5.41) is 10.4. The molecule has 3 unspecified atom stereocenters. The zero-order chi connectivity index (χ0) is 24.6. The van der Waals surface area contributed by atoms with E-state index in [2.05, 4.69) is 15.9 Å². The highest BCUT2D eigenvalue weighted by atomic mass is 79.9. The Morgan fingerprint density at radius 1 is 1.24 bits per heavy atom. The number of rotatable bonds is 6. The predicted octanol–water partition coefficient (Wildman–Crippen LogP) is 4.37. The molecule has 0 aliphatic carbocycles. The highest BCUT2D eigenvalue weighted by molar-refractivity contribution is 9.10. The van der Waals surface area contributed by atoms with Crippen LogP contribution in [0, 0.1) is 17.2 Å². The predicted molar refractivity (Wildman–Crippen MR) is 124 cm³/mol. The van der Waals surface area contributed by atoms with Gasteiger partial charge in [-0.25, -0.2) is 17.6 Å². The molecule has 0 bridgehead atoms. The molecule has 0 fully saturated rings. The summed E-state index contributed by atoms with van der Waals surface area (Å²) in [7, 11) is -4.01. The summed E-state index contributed by atoms with van der Waals surface area (Å²) in [5.74, 6) is -0.842. The van der Waals surface area contributed by atoms with E-state index in [9.17, 15) is 22.7 Å². The summed E-state index contributed by atoms with van der Waals surface area (Å²) in [5.41, 5.74) is 3.16. The molecule has 1 aliphatic rings. The Morgan fingerprint density at radius 3 is 2.45 bits per heavy atom. The summed E-state index contributed by atoms with van der Waals surface area (Å²) in [4.78, 5) is 11.2. The van der Waals surface area contributed by atoms with Gasteiger partial charge in [0, 0.05) is 16.0 Å². The maximum absolute atomic E-state index is 13.8. The van der Waals surface area contributed by atoms with Crippen LogP contribution < -0.4 is 10.5 Å². The zero-order valence-electron chi connectivity index (χ0n) is 18.5. The number of ether oxygens (including phenoxy) is 2. The fraction of sp³-hybridized carbons (Fsp3) is 0.435. The van der Waals surface area contributed by atoms with Gasteiger partial charge in [-0.05, 0) is 48.2 Å². The summed E-state index contributed by atoms with van der Waals surface area (Å²) in [6.07, 6.45) is -1.09. The largest absolute Gasteiger partial charge is 0.493 e. The van der Waals surface area contributed by atoms with Gasteiger partial charge in [-0.2, -0.15) is 0 Å². The second kappa shape index (κ2) is 9.23. The molecule has 0 aromatic heterocycles. The Bertz CT molecular complexity index is 1130. The number of amides is 1. The van der Waals surface area contributed by atoms with Crippen molar-refractivity contribution in [3.8, 4) is 5.75 Å². The van der Waals surface area contributed by atoms with Gasteiger partial charge in [-0.1, -0.05) is 42.8 Å². The lowest BCUT2D eigenvalue weighted by Crippen LogP contribution is -2.51. The first-order chi connectivity index (χ1) is 15.2. The van der Waals surface area contributed by atoms with Crippen LogP contribution in [-0.2, 0) is 14.6 Å². The lowest BCUT2D eigenvalue weighted by Gasteiger charge is -2.44. The van der Waals surface area contributed by atoms with Crippen LogP contribution in [0.3, 0.4) is 0 Å². The van der Waals surface area contributed by atoms with Crippen LogP contribution in [0.25, 0.3) is 0 Å². The summed E-state index contributed by atoms with van der Waals surface area (Å²) < 4.78 is 52.6. The SMILES string of the molecule is CC(C)(C)C(O)(COC(N)=O)CC1COc2cc(Br)ccc2C1S(=O)(=O)c1ccc(F)cc1. The molecule has 10 heteroatoms. The van der Waals surface area contributed by atoms with E-state index in [1.54, 1.807) is 39.0 Å². The van der Waals surface area contributed by atoms with Crippen LogP contribution in [-0.4, -0.2) is 38.4 Å². The van der Waals surface area contributed by atoms with Crippen molar-refractivity contribution in [2.75, 3.05) is 13.2 Å². The van der Waals surface area contributed by atoms with Crippen molar-refractivity contribution < 1.29 is 32.2 Å². The van der Waals surface area contributed by atoms with Gasteiger partial charge in [0.15, 0.2) is 9.84 Å². The van der Waals surface area contributed by atoms with E-state index >= 15 is 0 Å².